The fourth-order valence-electron chi connectivity index (χ4n) is 1.91. The van der Waals surface area contributed by atoms with Gasteiger partial charge in [-0.2, -0.15) is 0 Å². The van der Waals surface area contributed by atoms with Gasteiger partial charge in [0.1, 0.15) is 4.90 Å². The van der Waals surface area contributed by atoms with Crippen LogP contribution >= 0.6 is 0 Å². The van der Waals surface area contributed by atoms with Crippen molar-refractivity contribution in [1.29, 1.82) is 0 Å². The SMILES string of the molecule is CCNC(CCO)CS(=O)(=O)c1ccccc1[N+](=O)[O-]. The molecule has 0 aliphatic heterocycles. The zero-order valence-electron chi connectivity index (χ0n) is 11.2. The fourth-order valence-corrected chi connectivity index (χ4v) is 3.66. The summed E-state index contributed by atoms with van der Waals surface area (Å²) in [6, 6.07) is 4.84. The number of nitrogens with one attached hydrogen (secondary N) is 1. The van der Waals surface area contributed by atoms with E-state index < -0.39 is 26.5 Å². The largest absolute Gasteiger partial charge is 0.396 e. The first-order valence-corrected chi connectivity index (χ1v) is 7.88. The Kier molecular flexibility index (Phi) is 6.05. The third-order valence-corrected chi connectivity index (χ3v) is 4.64. The van der Waals surface area contributed by atoms with Gasteiger partial charge in [0.15, 0.2) is 9.84 Å². The lowest BCUT2D eigenvalue weighted by atomic mass is 10.2. The molecular weight excluding hydrogens is 284 g/mol. The van der Waals surface area contributed by atoms with Crippen LogP contribution in [0.2, 0.25) is 0 Å². The number of aliphatic hydroxyl groups is 1. The van der Waals surface area contributed by atoms with Crippen molar-refractivity contribution < 1.29 is 18.4 Å². The van der Waals surface area contributed by atoms with Gasteiger partial charge in [0, 0.05) is 18.7 Å². The highest BCUT2D eigenvalue weighted by Gasteiger charge is 2.27. The lowest BCUT2D eigenvalue weighted by Gasteiger charge is -2.16. The Bertz CT molecular complexity index is 553. The smallest absolute Gasteiger partial charge is 0.287 e. The van der Waals surface area contributed by atoms with E-state index in [1.165, 1.54) is 24.3 Å². The van der Waals surface area contributed by atoms with Gasteiger partial charge in [0.2, 0.25) is 0 Å². The second kappa shape index (κ2) is 7.32. The van der Waals surface area contributed by atoms with Gasteiger partial charge in [-0.05, 0) is 19.0 Å². The van der Waals surface area contributed by atoms with Crippen LogP contribution < -0.4 is 5.32 Å². The van der Waals surface area contributed by atoms with Crippen molar-refractivity contribution in [2.75, 3.05) is 18.9 Å². The third-order valence-electron chi connectivity index (χ3n) is 2.79. The first kappa shape index (κ1) is 16.5. The Morgan fingerprint density at radius 1 is 1.40 bits per heavy atom. The van der Waals surface area contributed by atoms with Crippen molar-refractivity contribution in [2.24, 2.45) is 0 Å². The average Bonchev–Trinajstić information content (AvgIpc) is 2.39. The summed E-state index contributed by atoms with van der Waals surface area (Å²) < 4.78 is 24.6. The van der Waals surface area contributed by atoms with Gasteiger partial charge >= 0.3 is 0 Å². The van der Waals surface area contributed by atoms with Crippen molar-refractivity contribution in [2.45, 2.75) is 24.3 Å². The summed E-state index contributed by atoms with van der Waals surface area (Å²) in [5.74, 6) is -0.285. The van der Waals surface area contributed by atoms with Crippen molar-refractivity contribution in [1.82, 2.24) is 5.32 Å². The maximum atomic E-state index is 12.3. The zero-order valence-corrected chi connectivity index (χ0v) is 12.0. The molecule has 0 bridgehead atoms. The molecule has 0 radical (unpaired) electrons. The van der Waals surface area contributed by atoms with Crippen molar-refractivity contribution in [3.63, 3.8) is 0 Å². The summed E-state index contributed by atoms with van der Waals surface area (Å²) in [7, 11) is -3.79. The Balaban J connectivity index is 3.07. The number of nitro groups is 1. The minimum atomic E-state index is -3.79. The van der Waals surface area contributed by atoms with Gasteiger partial charge in [-0.3, -0.25) is 10.1 Å². The molecule has 0 amide bonds. The first-order chi connectivity index (χ1) is 9.42. The average molecular weight is 302 g/mol. The number of sulfone groups is 1. The van der Waals surface area contributed by atoms with Crippen LogP contribution in [0.1, 0.15) is 13.3 Å². The molecule has 0 aliphatic carbocycles. The summed E-state index contributed by atoms with van der Waals surface area (Å²) in [5.41, 5.74) is -0.424. The lowest BCUT2D eigenvalue weighted by molar-refractivity contribution is -0.387. The monoisotopic (exact) mass is 302 g/mol. The van der Waals surface area contributed by atoms with E-state index in [4.69, 9.17) is 5.11 Å². The van der Waals surface area contributed by atoms with Gasteiger partial charge < -0.3 is 10.4 Å². The molecule has 1 aromatic rings. The van der Waals surface area contributed by atoms with E-state index in [2.05, 4.69) is 5.32 Å². The molecule has 8 heteroatoms. The van der Waals surface area contributed by atoms with Gasteiger partial charge in [-0.15, -0.1) is 0 Å². The Morgan fingerprint density at radius 2 is 2.05 bits per heavy atom. The van der Waals surface area contributed by atoms with Crippen LogP contribution in [0.5, 0.6) is 0 Å². The summed E-state index contributed by atoms with van der Waals surface area (Å²) in [4.78, 5) is 9.90. The van der Waals surface area contributed by atoms with Gasteiger partial charge in [-0.25, -0.2) is 8.42 Å². The van der Waals surface area contributed by atoms with Crippen molar-refractivity contribution in [3.05, 3.63) is 34.4 Å². The van der Waals surface area contributed by atoms with Crippen LogP contribution in [0.4, 0.5) is 5.69 Å². The molecule has 7 nitrogen and oxygen atoms in total. The van der Waals surface area contributed by atoms with E-state index in [1.54, 1.807) is 0 Å². The van der Waals surface area contributed by atoms with Crippen LogP contribution in [0, 0.1) is 10.1 Å². The number of aliphatic hydroxyl groups excluding tert-OH is 1. The standard InChI is InChI=1S/C12H18N2O5S/c1-2-13-10(7-8-15)9-20(18,19)12-6-4-3-5-11(12)14(16)17/h3-6,10,13,15H,2,7-9H2,1H3. The summed E-state index contributed by atoms with van der Waals surface area (Å²) >= 11 is 0. The van der Waals surface area contributed by atoms with E-state index in [9.17, 15) is 18.5 Å². The van der Waals surface area contributed by atoms with E-state index in [1.807, 2.05) is 6.92 Å². The van der Waals surface area contributed by atoms with Crippen LogP contribution in [0.15, 0.2) is 29.2 Å². The number of nitrogens with zero attached hydrogens (tertiary/aromatic N) is 1. The molecular formula is C12H18N2O5S. The fraction of sp³-hybridized carbons (Fsp3) is 0.500. The van der Waals surface area contributed by atoms with Crippen LogP contribution in [0.25, 0.3) is 0 Å². The minimum absolute atomic E-state index is 0.149. The minimum Gasteiger partial charge on any atom is -0.396 e. The summed E-state index contributed by atoms with van der Waals surface area (Å²) in [6.45, 7) is 2.23. The molecule has 1 unspecified atom stereocenters. The molecule has 1 rings (SSSR count). The van der Waals surface area contributed by atoms with Crippen LogP contribution in [0.3, 0.4) is 0 Å². The zero-order chi connectivity index (χ0) is 15.2. The number of para-hydroxylation sites is 1. The number of nitro benzene ring substituents is 1. The van der Waals surface area contributed by atoms with Crippen LogP contribution in [-0.2, 0) is 9.84 Å². The van der Waals surface area contributed by atoms with E-state index in [0.29, 0.717) is 6.54 Å². The molecule has 1 atom stereocenters. The quantitative estimate of drug-likeness (QED) is 0.541. The molecule has 2 N–H and O–H groups in total. The second-order valence-corrected chi connectivity index (χ2v) is 6.28. The highest BCUT2D eigenvalue weighted by atomic mass is 32.2. The van der Waals surface area contributed by atoms with Crippen molar-refractivity contribution in [3.8, 4) is 0 Å². The molecule has 0 fully saturated rings. The van der Waals surface area contributed by atoms with Crippen molar-refractivity contribution >= 4 is 15.5 Å². The predicted molar refractivity (Wildman–Crippen MR) is 74.3 cm³/mol. The molecule has 20 heavy (non-hydrogen) atoms. The van der Waals surface area contributed by atoms with Gasteiger partial charge in [-0.1, -0.05) is 19.1 Å². The molecule has 0 saturated heterocycles. The molecule has 112 valence electrons. The first-order valence-electron chi connectivity index (χ1n) is 6.22. The van der Waals surface area contributed by atoms with Gasteiger partial charge in [0.05, 0.1) is 10.7 Å². The maximum absolute atomic E-state index is 12.3. The highest BCUT2D eigenvalue weighted by Crippen LogP contribution is 2.24. The lowest BCUT2D eigenvalue weighted by Crippen LogP contribution is -2.36. The Morgan fingerprint density at radius 3 is 2.60 bits per heavy atom. The third kappa shape index (κ3) is 4.26. The second-order valence-electron chi connectivity index (χ2n) is 4.27. The normalized spacial score (nSPS) is 13.1. The van der Waals surface area contributed by atoms with E-state index in [-0.39, 0.29) is 23.7 Å². The molecule has 1 aromatic carbocycles. The van der Waals surface area contributed by atoms with Gasteiger partial charge in [0.25, 0.3) is 5.69 Å². The topological polar surface area (TPSA) is 110 Å². The highest BCUT2D eigenvalue weighted by molar-refractivity contribution is 7.91. The molecule has 0 heterocycles. The summed E-state index contributed by atoms with van der Waals surface area (Å²) in [6.07, 6.45) is 0.272. The number of rotatable bonds is 8. The van der Waals surface area contributed by atoms with E-state index >= 15 is 0 Å². The molecule has 0 saturated carbocycles. The molecule has 0 spiro atoms. The Hall–Kier alpha value is -1.51. The van der Waals surface area contributed by atoms with E-state index in [0.717, 1.165) is 0 Å². The number of benzene rings is 1. The summed E-state index contributed by atoms with van der Waals surface area (Å²) in [5, 5.41) is 22.8. The number of hydrogen-bond acceptors (Lipinski definition) is 6. The predicted octanol–water partition coefficient (Wildman–Crippen LogP) is 0.729. The van der Waals surface area contributed by atoms with Crippen LogP contribution in [-0.4, -0.2) is 43.4 Å². The molecule has 0 aromatic heterocycles. The Labute approximate surface area is 117 Å². The molecule has 0 aliphatic rings. The number of hydrogen-bond donors (Lipinski definition) is 2. The maximum Gasteiger partial charge on any atom is 0.287 e.